The molecule has 1 saturated carbocycles. The maximum Gasteiger partial charge on any atom is 0.306 e. The molecule has 1 heterocycles. The van der Waals surface area contributed by atoms with Gasteiger partial charge in [0.1, 0.15) is 4.21 Å². The summed E-state index contributed by atoms with van der Waals surface area (Å²) in [7, 11) is -3.69. The highest BCUT2D eigenvalue weighted by Crippen LogP contribution is 2.24. The number of carbonyl (C=O) groups is 2. The van der Waals surface area contributed by atoms with Crippen LogP contribution in [0.15, 0.2) is 21.7 Å². The molecule has 1 fully saturated rings. The topological polar surface area (TPSA) is 113 Å². The van der Waals surface area contributed by atoms with Crippen LogP contribution in [0.1, 0.15) is 32.6 Å². The van der Waals surface area contributed by atoms with Crippen molar-refractivity contribution in [2.75, 3.05) is 0 Å². The summed E-state index contributed by atoms with van der Waals surface area (Å²) in [6.07, 6.45) is 2.23. The summed E-state index contributed by atoms with van der Waals surface area (Å²) in [6.45, 7) is 1.49. The van der Waals surface area contributed by atoms with Crippen molar-refractivity contribution in [3.63, 3.8) is 0 Å². The zero-order chi connectivity index (χ0) is 17.0. The maximum absolute atomic E-state index is 12.1. The van der Waals surface area contributed by atoms with Crippen LogP contribution in [0.25, 0.3) is 0 Å². The van der Waals surface area contributed by atoms with Crippen LogP contribution in [-0.4, -0.2) is 37.5 Å². The smallest absolute Gasteiger partial charge is 0.306 e. The van der Waals surface area contributed by atoms with Gasteiger partial charge in [0.05, 0.1) is 12.0 Å². The third kappa shape index (κ3) is 4.76. The van der Waals surface area contributed by atoms with Crippen LogP contribution in [0.5, 0.6) is 0 Å². The van der Waals surface area contributed by atoms with Crippen molar-refractivity contribution in [3.05, 3.63) is 17.5 Å². The number of thiophene rings is 1. The molecule has 128 valence electrons. The Kier molecular flexibility index (Phi) is 5.77. The summed E-state index contributed by atoms with van der Waals surface area (Å²) in [4.78, 5) is 23.0. The van der Waals surface area contributed by atoms with E-state index < -0.39 is 27.9 Å². The molecule has 1 aliphatic carbocycles. The van der Waals surface area contributed by atoms with Gasteiger partial charge in [-0.3, -0.25) is 9.59 Å². The van der Waals surface area contributed by atoms with Crippen LogP contribution >= 0.6 is 11.3 Å². The predicted octanol–water partition coefficient (Wildman–Crippen LogP) is 1.17. The number of aliphatic carboxylic acids is 1. The van der Waals surface area contributed by atoms with Crippen LogP contribution in [0, 0.1) is 5.92 Å². The highest BCUT2D eigenvalue weighted by atomic mass is 32.2. The fourth-order valence-corrected chi connectivity index (χ4v) is 4.78. The van der Waals surface area contributed by atoms with Crippen LogP contribution in [0.2, 0.25) is 0 Å². The Hall–Kier alpha value is -1.45. The fourth-order valence-electron chi connectivity index (χ4n) is 2.57. The van der Waals surface area contributed by atoms with Crippen LogP contribution in [-0.2, 0) is 19.6 Å². The molecule has 9 heteroatoms. The zero-order valence-electron chi connectivity index (χ0n) is 12.7. The van der Waals surface area contributed by atoms with E-state index in [1.54, 1.807) is 11.4 Å². The van der Waals surface area contributed by atoms with Gasteiger partial charge in [0, 0.05) is 6.04 Å². The van der Waals surface area contributed by atoms with Gasteiger partial charge in [0.25, 0.3) is 10.0 Å². The number of nitrogens with one attached hydrogen (secondary N) is 2. The number of carboxylic acids is 1. The molecule has 1 atom stereocenters. The molecule has 1 unspecified atom stereocenters. The summed E-state index contributed by atoms with van der Waals surface area (Å²) in [5, 5.41) is 13.4. The summed E-state index contributed by atoms with van der Waals surface area (Å²) in [5.41, 5.74) is 0. The molecule has 23 heavy (non-hydrogen) atoms. The molecular formula is C14H20N2O5S2. The van der Waals surface area contributed by atoms with Crippen molar-refractivity contribution in [3.8, 4) is 0 Å². The van der Waals surface area contributed by atoms with E-state index in [1.165, 1.54) is 13.0 Å². The van der Waals surface area contributed by atoms with Gasteiger partial charge in [-0.05, 0) is 44.1 Å². The number of hydrogen-bond donors (Lipinski definition) is 3. The second-order valence-corrected chi connectivity index (χ2v) is 8.56. The molecular weight excluding hydrogens is 340 g/mol. The third-order valence-electron chi connectivity index (χ3n) is 3.91. The first-order valence-corrected chi connectivity index (χ1v) is 9.75. The minimum absolute atomic E-state index is 0.105. The van der Waals surface area contributed by atoms with Gasteiger partial charge in [0.2, 0.25) is 5.91 Å². The molecule has 3 N–H and O–H groups in total. The summed E-state index contributed by atoms with van der Waals surface area (Å²) in [6, 6.07) is 2.11. The average molecular weight is 360 g/mol. The van der Waals surface area contributed by atoms with E-state index in [2.05, 4.69) is 10.0 Å². The van der Waals surface area contributed by atoms with Gasteiger partial charge in [-0.25, -0.2) is 8.42 Å². The number of rotatable bonds is 6. The van der Waals surface area contributed by atoms with Gasteiger partial charge < -0.3 is 10.4 Å². The number of carboxylic acid groups (broad SMARTS) is 1. The number of amides is 1. The first-order valence-electron chi connectivity index (χ1n) is 7.38. The lowest BCUT2D eigenvalue weighted by Gasteiger charge is -2.27. The van der Waals surface area contributed by atoms with E-state index in [1.807, 2.05) is 0 Å². The molecule has 1 amide bonds. The lowest BCUT2D eigenvalue weighted by atomic mass is 9.86. The van der Waals surface area contributed by atoms with E-state index in [-0.39, 0.29) is 16.2 Å². The average Bonchev–Trinajstić information content (AvgIpc) is 3.02. The quantitative estimate of drug-likeness (QED) is 0.705. The SMILES string of the molecule is CC(NS(=O)(=O)c1cccs1)C(=O)NC1CCC(C(=O)O)CC1. The van der Waals surface area contributed by atoms with Crippen molar-refractivity contribution in [1.82, 2.24) is 10.0 Å². The van der Waals surface area contributed by atoms with Crippen molar-refractivity contribution in [2.45, 2.75) is 48.9 Å². The Morgan fingerprint density at radius 1 is 1.30 bits per heavy atom. The molecule has 1 aromatic rings. The van der Waals surface area contributed by atoms with E-state index in [0.29, 0.717) is 25.7 Å². The molecule has 7 nitrogen and oxygen atoms in total. The molecule has 0 aliphatic heterocycles. The molecule has 1 aliphatic rings. The first kappa shape index (κ1) is 17.9. The highest BCUT2D eigenvalue weighted by Gasteiger charge is 2.29. The standard InChI is InChI=1S/C14H20N2O5S2/c1-9(16-23(20,21)12-3-2-8-22-12)13(17)15-11-6-4-10(5-7-11)14(18)19/h2-3,8-11,16H,4-7H2,1H3,(H,15,17)(H,18,19). The third-order valence-corrected chi connectivity index (χ3v) is 6.85. The monoisotopic (exact) mass is 360 g/mol. The number of carbonyl (C=O) groups excluding carboxylic acids is 1. The van der Waals surface area contributed by atoms with Gasteiger partial charge in [-0.15, -0.1) is 11.3 Å². The van der Waals surface area contributed by atoms with Crippen LogP contribution in [0.4, 0.5) is 0 Å². The number of hydrogen-bond acceptors (Lipinski definition) is 5. The second-order valence-electron chi connectivity index (χ2n) is 5.67. The minimum Gasteiger partial charge on any atom is -0.481 e. The maximum atomic E-state index is 12.1. The van der Waals surface area contributed by atoms with Crippen molar-refractivity contribution >= 4 is 33.2 Å². The molecule has 1 aromatic heterocycles. The van der Waals surface area contributed by atoms with Gasteiger partial charge in [-0.1, -0.05) is 6.07 Å². The van der Waals surface area contributed by atoms with Crippen molar-refractivity contribution in [1.29, 1.82) is 0 Å². The van der Waals surface area contributed by atoms with E-state index in [9.17, 15) is 18.0 Å². The molecule has 0 spiro atoms. The molecule has 0 saturated heterocycles. The van der Waals surface area contributed by atoms with E-state index in [0.717, 1.165) is 11.3 Å². The van der Waals surface area contributed by atoms with E-state index in [4.69, 9.17) is 5.11 Å². The summed E-state index contributed by atoms with van der Waals surface area (Å²) >= 11 is 1.08. The van der Waals surface area contributed by atoms with Crippen molar-refractivity contribution < 1.29 is 23.1 Å². The highest BCUT2D eigenvalue weighted by molar-refractivity contribution is 7.91. The molecule has 0 bridgehead atoms. The minimum atomic E-state index is -3.69. The predicted molar refractivity (Wildman–Crippen MR) is 85.6 cm³/mol. The summed E-state index contributed by atoms with van der Waals surface area (Å²) in [5.74, 6) is -1.55. The van der Waals surface area contributed by atoms with Gasteiger partial charge >= 0.3 is 5.97 Å². The Morgan fingerprint density at radius 3 is 2.48 bits per heavy atom. The Labute approximate surface area is 139 Å². The van der Waals surface area contributed by atoms with Crippen LogP contribution in [0.3, 0.4) is 0 Å². The fraction of sp³-hybridized carbons (Fsp3) is 0.571. The zero-order valence-corrected chi connectivity index (χ0v) is 14.3. The van der Waals surface area contributed by atoms with Crippen molar-refractivity contribution in [2.24, 2.45) is 5.92 Å². The molecule has 0 aromatic carbocycles. The largest absolute Gasteiger partial charge is 0.481 e. The summed E-state index contributed by atoms with van der Waals surface area (Å²) < 4.78 is 26.7. The molecule has 2 rings (SSSR count). The first-order chi connectivity index (χ1) is 10.8. The Morgan fingerprint density at radius 2 is 1.96 bits per heavy atom. The lowest BCUT2D eigenvalue weighted by Crippen LogP contribution is -2.48. The van der Waals surface area contributed by atoms with Gasteiger partial charge in [0.15, 0.2) is 0 Å². The Bertz CT molecular complexity index is 649. The van der Waals surface area contributed by atoms with Crippen LogP contribution < -0.4 is 10.0 Å². The normalized spacial score (nSPS) is 23.2. The Balaban J connectivity index is 1.85. The lowest BCUT2D eigenvalue weighted by molar-refractivity contribution is -0.142. The number of sulfonamides is 1. The van der Waals surface area contributed by atoms with Gasteiger partial charge in [-0.2, -0.15) is 4.72 Å². The molecule has 0 radical (unpaired) electrons. The second kappa shape index (κ2) is 7.41. The van der Waals surface area contributed by atoms with E-state index >= 15 is 0 Å².